The second kappa shape index (κ2) is 15.5. The maximum Gasteiger partial charge on any atom is 0.289 e. The van der Waals surface area contributed by atoms with Crippen LogP contribution in [0, 0.1) is 18.3 Å². The largest absolute Gasteiger partial charge is 0.496 e. The lowest BCUT2D eigenvalue weighted by molar-refractivity contribution is -0.145. The predicted octanol–water partition coefficient (Wildman–Crippen LogP) is 4.10. The van der Waals surface area contributed by atoms with Gasteiger partial charge in [-0.1, -0.05) is 58.5 Å². The van der Waals surface area contributed by atoms with Gasteiger partial charge in [-0.3, -0.25) is 24.0 Å². The second-order valence-corrected chi connectivity index (χ2v) is 15.9. The molecule has 274 valence electrons. The number of benzene rings is 1. The first-order valence-corrected chi connectivity index (χ1v) is 18.4. The highest BCUT2D eigenvalue weighted by Gasteiger charge is 2.55. The maximum atomic E-state index is 14.6. The van der Waals surface area contributed by atoms with Crippen molar-refractivity contribution in [2.75, 3.05) is 13.7 Å². The third-order valence-corrected chi connectivity index (χ3v) is 10.5. The molecule has 1 saturated heterocycles. The van der Waals surface area contributed by atoms with Gasteiger partial charge in [-0.25, -0.2) is 0 Å². The van der Waals surface area contributed by atoms with Gasteiger partial charge in [0.1, 0.15) is 17.8 Å². The van der Waals surface area contributed by atoms with Crippen molar-refractivity contribution in [1.29, 1.82) is 0 Å². The summed E-state index contributed by atoms with van der Waals surface area (Å²) < 4.78 is 5.42. The number of amides is 4. The Labute approximate surface area is 295 Å². The molecular weight excluding hydrogens is 638 g/mol. The van der Waals surface area contributed by atoms with Gasteiger partial charge in [0.05, 0.1) is 25.4 Å². The number of methoxy groups -OCH3 is 1. The molecule has 0 unspecified atom stereocenters. The van der Waals surface area contributed by atoms with E-state index in [4.69, 9.17) is 9.57 Å². The Balaban J connectivity index is 1.39. The molecule has 4 amide bonds. The van der Waals surface area contributed by atoms with Gasteiger partial charge in [-0.15, -0.1) is 0 Å². The van der Waals surface area contributed by atoms with E-state index in [1.54, 1.807) is 7.11 Å². The minimum Gasteiger partial charge on any atom is -0.496 e. The van der Waals surface area contributed by atoms with E-state index < -0.39 is 52.6 Å². The molecule has 1 spiro atoms. The van der Waals surface area contributed by atoms with Crippen molar-refractivity contribution in [2.24, 2.45) is 16.5 Å². The topological polar surface area (TPSA) is 156 Å². The van der Waals surface area contributed by atoms with Crippen LogP contribution in [0.15, 0.2) is 23.4 Å². The first kappa shape index (κ1) is 37.3. The Bertz CT molecular complexity index is 1490. The number of nitrogens with zero attached hydrogens (tertiary/aromatic N) is 2. The molecule has 2 saturated carbocycles. The van der Waals surface area contributed by atoms with Crippen LogP contribution in [0.1, 0.15) is 116 Å². The van der Waals surface area contributed by atoms with Gasteiger partial charge in [0, 0.05) is 25.3 Å². The zero-order valence-corrected chi connectivity index (χ0v) is 30.6. The van der Waals surface area contributed by atoms with Gasteiger partial charge in [-0.2, -0.15) is 0 Å². The van der Waals surface area contributed by atoms with Gasteiger partial charge in [0.2, 0.25) is 23.5 Å². The zero-order chi connectivity index (χ0) is 36.2. The number of hydrogen-bond donors (Lipinski definition) is 3. The Kier molecular flexibility index (Phi) is 11.6. The highest BCUT2D eigenvalue weighted by Crippen LogP contribution is 2.40. The molecule has 0 radical (unpaired) electrons. The van der Waals surface area contributed by atoms with Gasteiger partial charge >= 0.3 is 0 Å². The van der Waals surface area contributed by atoms with Crippen molar-refractivity contribution >= 4 is 35.1 Å². The van der Waals surface area contributed by atoms with Crippen molar-refractivity contribution in [3.63, 3.8) is 0 Å². The highest BCUT2D eigenvalue weighted by atomic mass is 16.7. The molecule has 3 fully saturated rings. The van der Waals surface area contributed by atoms with Crippen LogP contribution in [0.4, 0.5) is 0 Å². The van der Waals surface area contributed by atoms with Gasteiger partial charge < -0.3 is 30.4 Å². The summed E-state index contributed by atoms with van der Waals surface area (Å²) in [7, 11) is 1.62. The maximum absolute atomic E-state index is 14.6. The molecule has 2 aliphatic heterocycles. The van der Waals surface area contributed by atoms with E-state index in [9.17, 15) is 24.0 Å². The van der Waals surface area contributed by atoms with E-state index in [0.717, 1.165) is 55.4 Å². The number of carbonyl (C=O) groups excluding carboxylic acids is 5. The fraction of sp³-hybridized carbons (Fsp3) is 0.684. The molecule has 2 aliphatic carbocycles. The number of hydrogen-bond acceptors (Lipinski definition) is 8. The Morgan fingerprint density at radius 2 is 1.78 bits per heavy atom. The summed E-state index contributed by atoms with van der Waals surface area (Å²) in [5.74, 6) is -1.47. The van der Waals surface area contributed by atoms with Crippen molar-refractivity contribution in [3.05, 3.63) is 29.3 Å². The van der Waals surface area contributed by atoms with Crippen LogP contribution in [0.5, 0.6) is 5.75 Å². The van der Waals surface area contributed by atoms with Crippen molar-refractivity contribution in [1.82, 2.24) is 20.9 Å². The van der Waals surface area contributed by atoms with Gasteiger partial charge in [0.25, 0.3) is 5.91 Å². The summed E-state index contributed by atoms with van der Waals surface area (Å²) in [6.07, 6.45) is 8.73. The molecule has 2 heterocycles. The van der Waals surface area contributed by atoms with E-state index in [-0.39, 0.29) is 31.3 Å². The number of carbonyl (C=O) groups is 5. The molecule has 4 aliphatic rings. The standard InChI is InChI=1S/C38H55N5O7/c1-7-11-27(32(45)35(47)39-26-15-16-26)40-34(46)29-21-38(20-28(42-50-38)25-14-17-30(49-6)23(2)18-25)22-43(29)36(48)33(37(3,4)5)41-31(44)19-24-12-9-8-10-13-24/h14,17-18,24,26-27,29,33H,7-13,15-16,19-22H2,1-6H3,(H,39,47)(H,40,46)(H,41,44)/t27-,29-,33+,38+/m0/s1. The Hall–Kier alpha value is -3.96. The van der Waals surface area contributed by atoms with Crippen LogP contribution in [0.2, 0.25) is 0 Å². The van der Waals surface area contributed by atoms with Crippen LogP contribution in [-0.4, -0.2) is 83.4 Å². The summed E-state index contributed by atoms with van der Waals surface area (Å²) >= 11 is 0. The monoisotopic (exact) mass is 693 g/mol. The number of ether oxygens (including phenoxy) is 1. The van der Waals surface area contributed by atoms with Gasteiger partial charge in [-0.05, 0) is 79.7 Å². The molecule has 5 rings (SSSR count). The van der Waals surface area contributed by atoms with E-state index in [1.807, 2.05) is 52.8 Å². The molecular formula is C38H55N5O7. The number of Topliss-reactive ketones (excluding diaryl/α,β-unsaturated/α-hetero) is 1. The van der Waals surface area contributed by atoms with Crippen LogP contribution < -0.4 is 20.7 Å². The lowest BCUT2D eigenvalue weighted by Crippen LogP contribution is -2.59. The molecule has 4 atom stereocenters. The molecule has 3 N–H and O–H groups in total. The molecule has 12 heteroatoms. The fourth-order valence-corrected chi connectivity index (χ4v) is 7.50. The predicted molar refractivity (Wildman–Crippen MR) is 188 cm³/mol. The SMILES string of the molecule is CCC[C@H](NC(=O)[C@@H]1C[C@]2(CC(c3ccc(OC)c(C)c3)=NO2)CN1C(=O)[C@@H](NC(=O)CC1CCCCC1)C(C)(C)C)C(=O)C(=O)NC1CC1. The summed E-state index contributed by atoms with van der Waals surface area (Å²) in [5, 5.41) is 13.0. The lowest BCUT2D eigenvalue weighted by atomic mass is 9.84. The fourth-order valence-electron chi connectivity index (χ4n) is 7.50. The number of rotatable bonds is 13. The quantitative estimate of drug-likeness (QED) is 0.263. The number of nitrogens with one attached hydrogen (secondary N) is 3. The highest BCUT2D eigenvalue weighted by molar-refractivity contribution is 6.38. The summed E-state index contributed by atoms with van der Waals surface area (Å²) in [5.41, 5.74) is 0.805. The molecule has 0 bridgehead atoms. The molecule has 1 aromatic rings. The Morgan fingerprint density at radius 3 is 2.40 bits per heavy atom. The smallest absolute Gasteiger partial charge is 0.289 e. The molecule has 50 heavy (non-hydrogen) atoms. The molecule has 12 nitrogen and oxygen atoms in total. The number of oxime groups is 1. The van der Waals surface area contributed by atoms with E-state index in [2.05, 4.69) is 21.1 Å². The minimum absolute atomic E-state index is 0.00177. The number of ketones is 1. The molecule has 0 aromatic heterocycles. The van der Waals surface area contributed by atoms with E-state index in [0.29, 0.717) is 30.9 Å². The molecule has 1 aromatic carbocycles. The summed E-state index contributed by atoms with van der Waals surface area (Å²) in [6, 6.07) is 2.77. The van der Waals surface area contributed by atoms with E-state index in [1.165, 1.54) is 11.3 Å². The van der Waals surface area contributed by atoms with Crippen LogP contribution in [-0.2, 0) is 28.8 Å². The number of likely N-dealkylation sites (tertiary alicyclic amines) is 1. The first-order chi connectivity index (χ1) is 23.7. The van der Waals surface area contributed by atoms with Crippen LogP contribution in [0.3, 0.4) is 0 Å². The van der Waals surface area contributed by atoms with Gasteiger partial charge in [0.15, 0.2) is 5.60 Å². The van der Waals surface area contributed by atoms with Crippen LogP contribution >= 0.6 is 0 Å². The average Bonchev–Trinajstić information content (AvgIpc) is 3.67. The van der Waals surface area contributed by atoms with Crippen molar-refractivity contribution < 1.29 is 33.5 Å². The van der Waals surface area contributed by atoms with Crippen LogP contribution in [0.25, 0.3) is 0 Å². The average molecular weight is 694 g/mol. The third-order valence-electron chi connectivity index (χ3n) is 10.5. The van der Waals surface area contributed by atoms with E-state index >= 15 is 0 Å². The normalized spacial score (nSPS) is 23.4. The Morgan fingerprint density at radius 1 is 1.06 bits per heavy atom. The summed E-state index contributed by atoms with van der Waals surface area (Å²) in [6.45, 7) is 9.56. The summed E-state index contributed by atoms with van der Waals surface area (Å²) in [4.78, 5) is 75.7. The second-order valence-electron chi connectivity index (χ2n) is 15.9. The first-order valence-electron chi connectivity index (χ1n) is 18.4. The van der Waals surface area contributed by atoms with Crippen molar-refractivity contribution in [3.8, 4) is 5.75 Å². The third kappa shape index (κ3) is 8.84. The number of aryl methyl sites for hydroxylation is 1. The minimum atomic E-state index is -1.04. The zero-order valence-electron chi connectivity index (χ0n) is 30.6. The van der Waals surface area contributed by atoms with Crippen molar-refractivity contribution in [2.45, 2.75) is 141 Å². The lowest BCUT2D eigenvalue weighted by Gasteiger charge is -2.36.